The van der Waals surface area contributed by atoms with Crippen molar-refractivity contribution in [1.82, 2.24) is 4.57 Å². The third-order valence-corrected chi connectivity index (χ3v) is 3.41. The summed E-state index contributed by atoms with van der Waals surface area (Å²) in [7, 11) is 1.91. The second-order valence-electron chi connectivity index (χ2n) is 3.82. The highest BCUT2D eigenvalue weighted by Gasteiger charge is 2.12. The van der Waals surface area contributed by atoms with Crippen LogP contribution in [0.4, 0.5) is 0 Å². The molecule has 0 atom stereocenters. The van der Waals surface area contributed by atoms with Crippen molar-refractivity contribution in [2.24, 2.45) is 7.05 Å². The summed E-state index contributed by atoms with van der Waals surface area (Å²) in [6.45, 7) is 1.91. The topological polar surface area (TPSA) is 28.7 Å². The smallest absolute Gasteiger partial charge is 0.101 e. The van der Waals surface area contributed by atoms with Crippen LogP contribution in [0.3, 0.4) is 0 Å². The molecule has 0 aliphatic carbocycles. The highest BCUT2D eigenvalue weighted by Crippen LogP contribution is 2.32. The van der Waals surface area contributed by atoms with E-state index >= 15 is 0 Å². The second kappa shape index (κ2) is 4.44. The first-order chi connectivity index (χ1) is 8.04. The maximum Gasteiger partial charge on any atom is 0.101 e. The van der Waals surface area contributed by atoms with Gasteiger partial charge in [-0.25, -0.2) is 0 Å². The first-order valence-corrected chi connectivity index (χ1v) is 5.82. The van der Waals surface area contributed by atoms with Crippen LogP contribution in [0.1, 0.15) is 11.3 Å². The van der Waals surface area contributed by atoms with Crippen LogP contribution in [0.2, 0.25) is 10.0 Å². The summed E-state index contributed by atoms with van der Waals surface area (Å²) >= 11 is 12.0. The van der Waals surface area contributed by atoms with E-state index in [4.69, 9.17) is 28.5 Å². The molecule has 86 valence electrons. The van der Waals surface area contributed by atoms with E-state index in [-0.39, 0.29) is 0 Å². The van der Waals surface area contributed by atoms with Crippen molar-refractivity contribution >= 4 is 23.2 Å². The molecule has 0 saturated carbocycles. The molecule has 0 bridgehead atoms. The molecule has 0 N–H and O–H groups in total. The van der Waals surface area contributed by atoms with Crippen molar-refractivity contribution in [3.05, 3.63) is 45.6 Å². The maximum absolute atomic E-state index is 9.00. The van der Waals surface area contributed by atoms with Gasteiger partial charge in [0.1, 0.15) is 6.07 Å². The fourth-order valence-electron chi connectivity index (χ4n) is 1.77. The number of halogens is 2. The molecule has 0 fully saturated rings. The number of nitriles is 1. The fourth-order valence-corrected chi connectivity index (χ4v) is 2.27. The molecular formula is C13H10Cl2N2. The Balaban J connectivity index is 2.65. The highest BCUT2D eigenvalue weighted by atomic mass is 35.5. The largest absolute Gasteiger partial charge is 0.347 e. The molecule has 0 aliphatic rings. The van der Waals surface area contributed by atoms with Crippen LogP contribution in [0.15, 0.2) is 24.3 Å². The molecule has 0 radical (unpaired) electrons. The van der Waals surface area contributed by atoms with Gasteiger partial charge in [0, 0.05) is 23.3 Å². The van der Waals surface area contributed by atoms with E-state index in [1.54, 1.807) is 12.1 Å². The van der Waals surface area contributed by atoms with E-state index in [0.29, 0.717) is 15.6 Å². The Morgan fingerprint density at radius 2 is 1.94 bits per heavy atom. The first-order valence-electron chi connectivity index (χ1n) is 5.06. The summed E-state index contributed by atoms with van der Waals surface area (Å²) in [4.78, 5) is 0. The number of nitrogens with zero attached hydrogens (tertiary/aromatic N) is 2. The normalized spacial score (nSPS) is 10.3. The zero-order valence-electron chi connectivity index (χ0n) is 9.46. The minimum atomic E-state index is 0.586. The van der Waals surface area contributed by atoms with Crippen LogP contribution in [0, 0.1) is 18.3 Å². The molecule has 0 amide bonds. The van der Waals surface area contributed by atoms with E-state index in [9.17, 15) is 0 Å². The summed E-state index contributed by atoms with van der Waals surface area (Å²) in [5, 5.41) is 10.2. The lowest BCUT2D eigenvalue weighted by atomic mass is 10.1. The van der Waals surface area contributed by atoms with Crippen molar-refractivity contribution in [1.29, 1.82) is 5.26 Å². The summed E-state index contributed by atoms with van der Waals surface area (Å²) < 4.78 is 1.95. The summed E-state index contributed by atoms with van der Waals surface area (Å²) in [6.07, 6.45) is 0. The lowest BCUT2D eigenvalue weighted by Crippen LogP contribution is -1.94. The van der Waals surface area contributed by atoms with Gasteiger partial charge in [-0.05, 0) is 31.2 Å². The molecule has 17 heavy (non-hydrogen) atoms. The molecule has 2 rings (SSSR count). The molecular weight excluding hydrogens is 255 g/mol. The van der Waals surface area contributed by atoms with Crippen molar-refractivity contribution in [2.45, 2.75) is 6.92 Å². The number of hydrogen-bond acceptors (Lipinski definition) is 1. The van der Waals surface area contributed by atoms with E-state index < -0.39 is 0 Å². The molecule has 2 nitrogen and oxygen atoms in total. The Labute approximate surface area is 110 Å². The average molecular weight is 265 g/mol. The Bertz CT molecular complexity index is 621. The summed E-state index contributed by atoms with van der Waals surface area (Å²) in [5.41, 5.74) is 3.38. The molecule has 0 spiro atoms. The Morgan fingerprint density at radius 1 is 1.24 bits per heavy atom. The average Bonchev–Trinajstić information content (AvgIpc) is 2.57. The maximum atomic E-state index is 9.00. The molecule has 1 heterocycles. The molecule has 0 saturated heterocycles. The third-order valence-electron chi connectivity index (χ3n) is 2.86. The van der Waals surface area contributed by atoms with Crippen molar-refractivity contribution in [3.8, 4) is 17.3 Å². The molecule has 2 aromatic rings. The highest BCUT2D eigenvalue weighted by molar-refractivity contribution is 6.36. The van der Waals surface area contributed by atoms with Gasteiger partial charge in [0.2, 0.25) is 0 Å². The standard InChI is InChI=1S/C13H10Cl2N2/c1-8-9(7-16)5-13(17(8)2)11-4-3-10(14)6-12(11)15/h3-6H,1-2H3. The van der Waals surface area contributed by atoms with Crippen LogP contribution >= 0.6 is 23.2 Å². The molecule has 1 aromatic heterocycles. The number of aromatic nitrogens is 1. The van der Waals surface area contributed by atoms with Crippen molar-refractivity contribution in [2.75, 3.05) is 0 Å². The Hall–Kier alpha value is -1.43. The van der Waals surface area contributed by atoms with Crippen LogP contribution in [-0.2, 0) is 7.05 Å². The van der Waals surface area contributed by atoms with Gasteiger partial charge < -0.3 is 4.57 Å². The summed E-state index contributed by atoms with van der Waals surface area (Å²) in [5.74, 6) is 0. The SMILES string of the molecule is Cc1c(C#N)cc(-c2ccc(Cl)cc2Cl)n1C. The van der Waals surface area contributed by atoms with E-state index in [1.165, 1.54) is 0 Å². The zero-order chi connectivity index (χ0) is 12.6. The number of hydrogen-bond donors (Lipinski definition) is 0. The van der Waals surface area contributed by atoms with Crippen molar-refractivity contribution in [3.63, 3.8) is 0 Å². The quantitative estimate of drug-likeness (QED) is 0.760. The van der Waals surface area contributed by atoms with Crippen molar-refractivity contribution < 1.29 is 0 Å². The molecule has 0 unspecified atom stereocenters. The van der Waals surface area contributed by atoms with Gasteiger partial charge in [-0.2, -0.15) is 5.26 Å². The second-order valence-corrected chi connectivity index (χ2v) is 4.67. The van der Waals surface area contributed by atoms with E-state index in [2.05, 4.69) is 6.07 Å². The minimum absolute atomic E-state index is 0.586. The zero-order valence-corrected chi connectivity index (χ0v) is 11.0. The van der Waals surface area contributed by atoms with Crippen LogP contribution in [-0.4, -0.2) is 4.57 Å². The van der Waals surface area contributed by atoms with Gasteiger partial charge in [0.15, 0.2) is 0 Å². The van der Waals surface area contributed by atoms with Gasteiger partial charge in [0.05, 0.1) is 16.3 Å². The Kier molecular flexibility index (Phi) is 3.15. The van der Waals surface area contributed by atoms with Crippen LogP contribution < -0.4 is 0 Å². The predicted octanol–water partition coefficient (Wildman–Crippen LogP) is 4.18. The molecule has 4 heteroatoms. The monoisotopic (exact) mass is 264 g/mol. The van der Waals surface area contributed by atoms with Gasteiger partial charge in [0.25, 0.3) is 0 Å². The number of rotatable bonds is 1. The predicted molar refractivity (Wildman–Crippen MR) is 70.3 cm³/mol. The lowest BCUT2D eigenvalue weighted by Gasteiger charge is -2.07. The van der Waals surface area contributed by atoms with Crippen LogP contribution in [0.5, 0.6) is 0 Å². The van der Waals surface area contributed by atoms with E-state index in [1.807, 2.05) is 30.7 Å². The molecule has 1 aromatic carbocycles. The van der Waals surface area contributed by atoms with E-state index in [0.717, 1.165) is 17.0 Å². The van der Waals surface area contributed by atoms with Gasteiger partial charge in [-0.15, -0.1) is 0 Å². The summed E-state index contributed by atoms with van der Waals surface area (Å²) in [6, 6.07) is 9.36. The van der Waals surface area contributed by atoms with Gasteiger partial charge in [-0.3, -0.25) is 0 Å². The molecule has 0 aliphatic heterocycles. The lowest BCUT2D eigenvalue weighted by molar-refractivity contribution is 0.889. The number of benzene rings is 1. The Morgan fingerprint density at radius 3 is 2.47 bits per heavy atom. The third kappa shape index (κ3) is 2.04. The first kappa shape index (κ1) is 12.0. The van der Waals surface area contributed by atoms with Gasteiger partial charge in [-0.1, -0.05) is 23.2 Å². The fraction of sp³-hybridized carbons (Fsp3) is 0.154. The van der Waals surface area contributed by atoms with Crippen LogP contribution in [0.25, 0.3) is 11.3 Å². The van der Waals surface area contributed by atoms with Gasteiger partial charge >= 0.3 is 0 Å². The minimum Gasteiger partial charge on any atom is -0.347 e.